The highest BCUT2D eigenvalue weighted by molar-refractivity contribution is 5.89. The summed E-state index contributed by atoms with van der Waals surface area (Å²) in [7, 11) is 3.17. The third-order valence-corrected chi connectivity index (χ3v) is 8.61. The second kappa shape index (κ2) is 17.2. The molecule has 1 saturated carbocycles. The quantitative estimate of drug-likeness (QED) is 0.125. The number of hydrogen-bond acceptors (Lipinski definition) is 7. The van der Waals surface area contributed by atoms with E-state index in [1.54, 1.807) is 31.3 Å². The third kappa shape index (κ3) is 8.76. The van der Waals surface area contributed by atoms with Crippen molar-refractivity contribution in [1.29, 1.82) is 0 Å². The van der Waals surface area contributed by atoms with E-state index in [1.165, 1.54) is 6.42 Å². The predicted molar refractivity (Wildman–Crippen MR) is 164 cm³/mol. The van der Waals surface area contributed by atoms with Crippen molar-refractivity contribution < 1.29 is 33.3 Å². The lowest BCUT2D eigenvalue weighted by atomic mass is 9.75. The molecule has 1 aliphatic heterocycles. The summed E-state index contributed by atoms with van der Waals surface area (Å²) in [4.78, 5) is 29.8. The molecule has 4 atom stereocenters. The van der Waals surface area contributed by atoms with Gasteiger partial charge in [0.25, 0.3) is 0 Å². The van der Waals surface area contributed by atoms with Gasteiger partial charge in [0.1, 0.15) is 12.1 Å². The number of piperidine rings is 1. The highest BCUT2D eigenvalue weighted by Crippen LogP contribution is 2.45. The first-order valence-corrected chi connectivity index (χ1v) is 15.6. The fourth-order valence-electron chi connectivity index (χ4n) is 6.01. The van der Waals surface area contributed by atoms with Gasteiger partial charge in [-0.3, -0.25) is 4.79 Å². The van der Waals surface area contributed by atoms with Crippen LogP contribution in [0.25, 0.3) is 0 Å². The number of amides is 1. The van der Waals surface area contributed by atoms with Crippen LogP contribution in [0.3, 0.4) is 0 Å². The first-order chi connectivity index (χ1) is 20.4. The lowest BCUT2D eigenvalue weighted by molar-refractivity contribution is -0.163. The average Bonchev–Trinajstić information content (AvgIpc) is 3.02. The Bertz CT molecular complexity index is 1030. The maximum atomic E-state index is 14.6. The lowest BCUT2D eigenvalue weighted by Gasteiger charge is -2.40. The van der Waals surface area contributed by atoms with Crippen LogP contribution in [-0.4, -0.2) is 69.5 Å². The van der Waals surface area contributed by atoms with Gasteiger partial charge in [0.15, 0.2) is 11.5 Å². The zero-order valence-corrected chi connectivity index (χ0v) is 26.1. The summed E-state index contributed by atoms with van der Waals surface area (Å²) in [6.07, 6.45) is 11.5. The molecule has 2 fully saturated rings. The van der Waals surface area contributed by atoms with E-state index in [0.29, 0.717) is 56.5 Å². The zero-order valence-electron chi connectivity index (χ0n) is 26.1. The molecule has 234 valence electrons. The van der Waals surface area contributed by atoms with Crippen LogP contribution in [0.15, 0.2) is 37.4 Å². The van der Waals surface area contributed by atoms with Crippen LogP contribution in [-0.2, 0) is 19.1 Å². The van der Waals surface area contributed by atoms with Crippen molar-refractivity contribution in [1.82, 2.24) is 4.90 Å². The summed E-state index contributed by atoms with van der Waals surface area (Å²) >= 11 is 0. The van der Waals surface area contributed by atoms with Gasteiger partial charge < -0.3 is 28.6 Å². The summed E-state index contributed by atoms with van der Waals surface area (Å²) in [5.41, 5.74) is 0.828. The van der Waals surface area contributed by atoms with E-state index in [-0.39, 0.29) is 29.8 Å². The van der Waals surface area contributed by atoms with Crippen LogP contribution >= 0.6 is 0 Å². The van der Waals surface area contributed by atoms with E-state index in [2.05, 4.69) is 13.2 Å². The van der Waals surface area contributed by atoms with Crippen LogP contribution in [0.5, 0.6) is 17.2 Å². The molecule has 1 aliphatic carbocycles. The van der Waals surface area contributed by atoms with Crippen LogP contribution < -0.4 is 14.2 Å². The molecule has 0 radical (unpaired) electrons. The first-order valence-electron chi connectivity index (χ1n) is 15.6. The molecule has 0 N–H and O–H groups in total. The molecule has 2 aliphatic rings. The molecule has 3 rings (SSSR count). The molecule has 0 bridgehead atoms. The Morgan fingerprint density at radius 3 is 2.36 bits per heavy atom. The molecule has 0 unspecified atom stereocenters. The highest BCUT2D eigenvalue weighted by Gasteiger charge is 2.41. The maximum absolute atomic E-state index is 14.6. The number of rotatable bonds is 16. The van der Waals surface area contributed by atoms with E-state index in [9.17, 15) is 9.59 Å². The van der Waals surface area contributed by atoms with Crippen molar-refractivity contribution in [3.63, 3.8) is 0 Å². The van der Waals surface area contributed by atoms with Crippen LogP contribution in [0.1, 0.15) is 83.1 Å². The molecule has 1 amide bonds. The second-order valence-electron chi connectivity index (χ2n) is 11.5. The number of likely N-dealkylation sites (tertiary alicyclic amines) is 1. The molecule has 0 spiro atoms. The third-order valence-electron chi connectivity index (χ3n) is 8.61. The molecule has 1 aromatic rings. The summed E-state index contributed by atoms with van der Waals surface area (Å²) in [5.74, 6) is 0.937. The van der Waals surface area contributed by atoms with E-state index in [1.807, 2.05) is 26.0 Å². The molecular formula is C34H51NO7. The topological polar surface area (TPSA) is 83.5 Å². The maximum Gasteiger partial charge on any atom is 0.329 e. The summed E-state index contributed by atoms with van der Waals surface area (Å²) in [6.45, 7) is 13.3. The molecule has 1 aromatic carbocycles. The van der Waals surface area contributed by atoms with Gasteiger partial charge >= 0.3 is 5.97 Å². The number of methoxy groups -OCH3 is 2. The van der Waals surface area contributed by atoms with Gasteiger partial charge in [-0.05, 0) is 62.6 Å². The number of nitrogens with zero attached hydrogens (tertiary/aromatic N) is 1. The monoisotopic (exact) mass is 585 g/mol. The van der Waals surface area contributed by atoms with Crippen molar-refractivity contribution in [2.24, 2.45) is 11.8 Å². The molecule has 1 heterocycles. The minimum atomic E-state index is -0.594. The van der Waals surface area contributed by atoms with E-state index >= 15 is 0 Å². The van der Waals surface area contributed by atoms with Gasteiger partial charge in [-0.25, -0.2) is 4.79 Å². The Balaban J connectivity index is 1.94. The van der Waals surface area contributed by atoms with Gasteiger partial charge in [0.05, 0.1) is 40.0 Å². The summed E-state index contributed by atoms with van der Waals surface area (Å²) in [5, 5.41) is 0. The smallest absolute Gasteiger partial charge is 0.329 e. The number of carbonyl (C=O) groups excluding carboxylic acids is 2. The van der Waals surface area contributed by atoms with Gasteiger partial charge in [-0.2, -0.15) is 0 Å². The molecule has 1 saturated heterocycles. The van der Waals surface area contributed by atoms with Gasteiger partial charge in [0, 0.05) is 18.9 Å². The van der Waals surface area contributed by atoms with E-state index in [4.69, 9.17) is 23.7 Å². The Labute approximate surface area is 252 Å². The minimum absolute atomic E-state index is 0.0235. The van der Waals surface area contributed by atoms with Crippen molar-refractivity contribution in [2.45, 2.75) is 89.7 Å². The van der Waals surface area contributed by atoms with Crippen molar-refractivity contribution in [3.8, 4) is 17.2 Å². The molecule has 42 heavy (non-hydrogen) atoms. The van der Waals surface area contributed by atoms with Gasteiger partial charge in [-0.1, -0.05) is 38.3 Å². The number of esters is 1. The normalized spacial score (nSPS) is 19.7. The Morgan fingerprint density at radius 1 is 0.976 bits per heavy atom. The van der Waals surface area contributed by atoms with Crippen molar-refractivity contribution in [2.75, 3.05) is 40.6 Å². The number of ether oxygens (including phenoxy) is 5. The molecule has 0 aromatic heterocycles. The molecule has 8 heteroatoms. The number of hydrogen-bond donors (Lipinski definition) is 0. The number of carbonyl (C=O) groups is 2. The largest absolute Gasteiger partial charge is 0.493 e. The molecular weight excluding hydrogens is 534 g/mol. The van der Waals surface area contributed by atoms with Crippen molar-refractivity contribution >= 4 is 11.9 Å². The number of benzene rings is 1. The highest BCUT2D eigenvalue weighted by atomic mass is 16.5. The SMILES string of the molecule is C=CCOCCCOc1cc([C@@H](C(=O)N2CCCC[C@H]2C(=O)O[C@H](C)[C@@H](C)C=C)C2CCCCC2)cc(OC)c1OC. The Morgan fingerprint density at radius 2 is 1.69 bits per heavy atom. The minimum Gasteiger partial charge on any atom is -0.493 e. The zero-order chi connectivity index (χ0) is 30.5. The standard InChI is InChI=1S/C34H51NO7/c1-7-19-40-20-14-21-41-30-23-27(22-29(38-5)32(30)39-6)31(26-15-10-9-11-16-26)33(36)35-18-13-12-17-28(35)34(37)42-25(4)24(3)8-2/h7-8,22-26,28,31H,1-2,9-21H2,3-6H3/t24-,25+,28-,31-/m0/s1. The van der Waals surface area contributed by atoms with E-state index in [0.717, 1.165) is 44.1 Å². The Kier molecular flexibility index (Phi) is 13.7. The molecule has 8 nitrogen and oxygen atoms in total. The van der Waals surface area contributed by atoms with Gasteiger partial charge in [0.2, 0.25) is 11.7 Å². The van der Waals surface area contributed by atoms with Crippen LogP contribution in [0, 0.1) is 11.8 Å². The second-order valence-corrected chi connectivity index (χ2v) is 11.5. The fourth-order valence-corrected chi connectivity index (χ4v) is 6.01. The lowest BCUT2D eigenvalue weighted by Crippen LogP contribution is -2.51. The fraction of sp³-hybridized carbons (Fsp3) is 0.647. The van der Waals surface area contributed by atoms with Crippen molar-refractivity contribution in [3.05, 3.63) is 43.0 Å². The van der Waals surface area contributed by atoms with Crippen LogP contribution in [0.4, 0.5) is 0 Å². The van der Waals surface area contributed by atoms with Crippen LogP contribution in [0.2, 0.25) is 0 Å². The Hall–Kier alpha value is -3.00. The summed E-state index contributed by atoms with van der Waals surface area (Å²) in [6, 6.07) is 3.23. The summed E-state index contributed by atoms with van der Waals surface area (Å²) < 4.78 is 28.9. The van der Waals surface area contributed by atoms with E-state index < -0.39 is 12.0 Å². The predicted octanol–water partition coefficient (Wildman–Crippen LogP) is 6.47. The average molecular weight is 586 g/mol. The van der Waals surface area contributed by atoms with Gasteiger partial charge in [-0.15, -0.1) is 13.2 Å². The first kappa shape index (κ1) is 33.5.